The fraction of sp³-hybridized carbons (Fsp3) is 0.438. The number of carbonyl (C=O) groups is 2. The Morgan fingerprint density at radius 1 is 1.18 bits per heavy atom. The number of hydrogen-bond acceptors (Lipinski definition) is 5. The van der Waals surface area contributed by atoms with E-state index in [1.54, 1.807) is 20.4 Å². The van der Waals surface area contributed by atoms with Crippen molar-refractivity contribution >= 4 is 52.5 Å². The lowest BCUT2D eigenvalue weighted by Gasteiger charge is -2.40. The number of amides is 3. The lowest BCUT2D eigenvalue weighted by atomic mass is 9.91. The van der Waals surface area contributed by atoms with Crippen molar-refractivity contribution in [2.24, 2.45) is 10.9 Å². The number of aliphatic imine (C=N–C) groups is 1. The topological polar surface area (TPSA) is 59.2 Å². The number of alkyl halides is 2. The van der Waals surface area contributed by atoms with Gasteiger partial charge in [-0.05, 0) is 63.0 Å². The van der Waals surface area contributed by atoms with E-state index < -0.39 is 24.1 Å². The lowest BCUT2D eigenvalue weighted by molar-refractivity contribution is -0.337. The van der Waals surface area contributed by atoms with Crippen LogP contribution < -0.4 is 0 Å². The van der Waals surface area contributed by atoms with Crippen molar-refractivity contribution in [2.75, 3.05) is 45.0 Å². The zero-order valence-corrected chi connectivity index (χ0v) is 26.3. The molecule has 0 spiro atoms. The molecule has 0 aliphatic carbocycles. The zero-order valence-electron chi connectivity index (χ0n) is 24.7. The van der Waals surface area contributed by atoms with Crippen LogP contribution in [0.4, 0.5) is 28.0 Å². The van der Waals surface area contributed by atoms with Crippen LogP contribution in [0.1, 0.15) is 31.7 Å². The third kappa shape index (κ3) is 6.16. The Labute approximate surface area is 268 Å². The fourth-order valence-corrected chi connectivity index (χ4v) is 8.40. The lowest BCUT2D eigenvalue weighted by Crippen LogP contribution is -2.56. The van der Waals surface area contributed by atoms with Crippen LogP contribution in [-0.2, 0) is 4.79 Å². The number of thioether (sulfide) groups is 1. The summed E-state index contributed by atoms with van der Waals surface area (Å²) >= 11 is 8.33. The van der Waals surface area contributed by atoms with Gasteiger partial charge in [-0.2, -0.15) is 9.37 Å². The number of carbonyl (C=O) groups excluding carboxylic acids is 2. The molecule has 238 valence electrons. The van der Waals surface area contributed by atoms with Gasteiger partial charge >= 0.3 is 6.03 Å². The molecule has 2 fully saturated rings. The number of urea groups is 1. The normalized spacial score (nSPS) is 20.9. The van der Waals surface area contributed by atoms with Gasteiger partial charge in [0.25, 0.3) is 12.3 Å². The van der Waals surface area contributed by atoms with Crippen LogP contribution in [0, 0.1) is 17.6 Å². The average Bonchev–Trinajstić information content (AvgIpc) is 3.00. The molecule has 6 rings (SSSR count). The van der Waals surface area contributed by atoms with E-state index in [1.807, 2.05) is 11.8 Å². The summed E-state index contributed by atoms with van der Waals surface area (Å²) in [7, 11) is 0. The van der Waals surface area contributed by atoms with Gasteiger partial charge in [0.2, 0.25) is 5.91 Å². The number of likely N-dealkylation sites (tertiary alicyclic amines) is 1. The molecule has 0 bridgehead atoms. The molecular formula is C32H33ClF4N5O2S+. The second-order valence-electron chi connectivity index (χ2n) is 11.9. The van der Waals surface area contributed by atoms with Gasteiger partial charge < -0.3 is 9.80 Å². The van der Waals surface area contributed by atoms with Gasteiger partial charge in [0.1, 0.15) is 17.3 Å². The molecule has 7 nitrogen and oxygen atoms in total. The van der Waals surface area contributed by atoms with Gasteiger partial charge in [0, 0.05) is 54.3 Å². The molecule has 1 atom stereocenters. The molecule has 4 aliphatic heterocycles. The van der Waals surface area contributed by atoms with Gasteiger partial charge in [-0.3, -0.25) is 9.69 Å². The predicted octanol–water partition coefficient (Wildman–Crippen LogP) is 6.44. The minimum absolute atomic E-state index is 0.128. The number of rotatable bonds is 6. The van der Waals surface area contributed by atoms with Crippen molar-refractivity contribution < 1.29 is 31.7 Å². The standard InChI is InChI=1S/C32H33ClF4N5O2S/c1-3-27(43)40-10-11-41(18(2)15-40)31-23-14-24(33)28(22-5-4-20(34)13-25(22)35)30-29(23)42(32(44)38-31)21(17-45-30)12-19-6-8-39(9-7-19)16-26(36)37/h3-5,13-14,18-19,26H,1,6-12,15-17H2,2H3/q+1. The van der Waals surface area contributed by atoms with E-state index in [2.05, 4.69) is 11.6 Å². The first-order chi connectivity index (χ1) is 21.5. The third-order valence-corrected chi connectivity index (χ3v) is 10.4. The van der Waals surface area contributed by atoms with Gasteiger partial charge in [-0.15, -0.1) is 11.8 Å². The van der Waals surface area contributed by atoms with Crippen LogP contribution in [0.25, 0.3) is 11.1 Å². The molecule has 0 N–H and O–H groups in total. The summed E-state index contributed by atoms with van der Waals surface area (Å²) in [5.41, 5.74) is 2.53. The van der Waals surface area contributed by atoms with E-state index >= 15 is 4.39 Å². The van der Waals surface area contributed by atoms with E-state index in [1.165, 1.54) is 30.0 Å². The Hall–Kier alpha value is -3.22. The summed E-state index contributed by atoms with van der Waals surface area (Å²) in [6.45, 7) is 7.67. The van der Waals surface area contributed by atoms with Crippen molar-refractivity contribution in [3.63, 3.8) is 0 Å². The summed E-state index contributed by atoms with van der Waals surface area (Å²) in [5, 5.41) is 0.242. The van der Waals surface area contributed by atoms with E-state index in [4.69, 9.17) is 11.6 Å². The van der Waals surface area contributed by atoms with Gasteiger partial charge in [0.15, 0.2) is 5.69 Å². The van der Waals surface area contributed by atoms with Crippen LogP contribution in [0.15, 0.2) is 46.8 Å². The van der Waals surface area contributed by atoms with Gasteiger partial charge in [0.05, 0.1) is 27.8 Å². The molecule has 3 amide bonds. The highest BCUT2D eigenvalue weighted by Gasteiger charge is 2.45. The first-order valence-corrected chi connectivity index (χ1v) is 16.3. The van der Waals surface area contributed by atoms with Gasteiger partial charge in [-0.1, -0.05) is 18.2 Å². The molecule has 2 saturated heterocycles. The summed E-state index contributed by atoms with van der Waals surface area (Å²) < 4.78 is 56.5. The Morgan fingerprint density at radius 2 is 1.93 bits per heavy atom. The summed E-state index contributed by atoms with van der Waals surface area (Å²) in [4.78, 5) is 36.9. The second kappa shape index (κ2) is 12.9. The molecule has 4 aliphatic rings. The number of halogens is 5. The van der Waals surface area contributed by atoms with E-state index in [0.717, 1.165) is 24.6 Å². The predicted molar refractivity (Wildman–Crippen MR) is 167 cm³/mol. The molecule has 0 saturated carbocycles. The van der Waals surface area contributed by atoms with Crippen molar-refractivity contribution in [2.45, 2.75) is 43.5 Å². The second-order valence-corrected chi connectivity index (χ2v) is 13.3. The molecule has 4 heterocycles. The van der Waals surface area contributed by atoms with E-state index in [-0.39, 0.29) is 35.0 Å². The average molecular weight is 663 g/mol. The monoisotopic (exact) mass is 662 g/mol. The van der Waals surface area contributed by atoms with Crippen molar-refractivity contribution in [1.29, 1.82) is 0 Å². The highest BCUT2D eigenvalue weighted by molar-refractivity contribution is 8.00. The highest BCUT2D eigenvalue weighted by atomic mass is 35.5. The molecule has 0 aromatic heterocycles. The van der Waals surface area contributed by atoms with Crippen LogP contribution in [0.5, 0.6) is 0 Å². The third-order valence-electron chi connectivity index (χ3n) is 8.98. The number of piperazine rings is 1. The maximum Gasteiger partial charge on any atom is 0.546 e. The van der Waals surface area contributed by atoms with E-state index in [0.29, 0.717) is 72.4 Å². The highest BCUT2D eigenvalue weighted by Crippen LogP contribution is 2.50. The Morgan fingerprint density at radius 3 is 2.60 bits per heavy atom. The van der Waals surface area contributed by atoms with Crippen LogP contribution in [0.3, 0.4) is 0 Å². The molecule has 13 heteroatoms. The van der Waals surface area contributed by atoms with Crippen LogP contribution in [0.2, 0.25) is 5.02 Å². The molecule has 1 unspecified atom stereocenters. The van der Waals surface area contributed by atoms with Crippen LogP contribution in [-0.4, -0.2) is 100 Å². The van der Waals surface area contributed by atoms with Crippen molar-refractivity contribution in [1.82, 2.24) is 14.7 Å². The molecule has 2 aromatic carbocycles. The first-order valence-electron chi connectivity index (χ1n) is 15.0. The Bertz CT molecular complexity index is 1620. The minimum atomic E-state index is -2.38. The van der Waals surface area contributed by atoms with E-state index in [9.17, 15) is 22.8 Å². The summed E-state index contributed by atoms with van der Waals surface area (Å²) in [6.07, 6.45) is 0.956. The molecular weight excluding hydrogens is 630 g/mol. The number of amidine groups is 1. The van der Waals surface area contributed by atoms with Crippen molar-refractivity contribution in [3.8, 4) is 11.1 Å². The first kappa shape index (κ1) is 31.7. The Kier molecular flexibility index (Phi) is 9.09. The zero-order chi connectivity index (χ0) is 32.0. The number of nitrogens with zero attached hydrogens (tertiary/aromatic N) is 5. The number of piperidine rings is 1. The Balaban J connectivity index is 1.42. The number of benzene rings is 2. The molecule has 45 heavy (non-hydrogen) atoms. The maximum absolute atomic E-state index is 15.2. The van der Waals surface area contributed by atoms with Crippen LogP contribution >= 0.6 is 23.4 Å². The summed E-state index contributed by atoms with van der Waals surface area (Å²) in [5.74, 6) is -0.587. The maximum atomic E-state index is 15.2. The fourth-order valence-electron chi connectivity index (χ4n) is 6.77. The molecule has 2 aromatic rings. The van der Waals surface area contributed by atoms with Crippen molar-refractivity contribution in [3.05, 3.63) is 59.1 Å². The van der Waals surface area contributed by atoms with Gasteiger partial charge in [-0.25, -0.2) is 17.6 Å². The number of hydrogen-bond donors (Lipinski definition) is 0. The molecule has 0 radical (unpaired) electrons. The quantitative estimate of drug-likeness (QED) is 0.203. The SMILES string of the molecule is C=CC(=O)N1CCN(C2=NC(=O)[N+]3=C(CC4CCN(CC(F)F)CC4)CSc4c(-c5ccc(F)cc5F)c(Cl)cc2c43)C(C)C1. The largest absolute Gasteiger partial charge is 0.546 e. The minimum Gasteiger partial charge on any atom is -0.335 e. The summed E-state index contributed by atoms with van der Waals surface area (Å²) in [6, 6.07) is 4.37. The smallest absolute Gasteiger partial charge is 0.335 e.